The lowest BCUT2D eigenvalue weighted by Gasteiger charge is -2.24. The van der Waals surface area contributed by atoms with Crippen LogP contribution in [0.15, 0.2) is 41.6 Å². The van der Waals surface area contributed by atoms with Crippen molar-refractivity contribution < 1.29 is 9.53 Å². The third-order valence-electron chi connectivity index (χ3n) is 4.88. The first-order valence-electron chi connectivity index (χ1n) is 9.39. The van der Waals surface area contributed by atoms with Crippen LogP contribution in [-0.2, 0) is 21.7 Å². The Morgan fingerprint density at radius 2 is 2.00 bits per heavy atom. The zero-order valence-electron chi connectivity index (χ0n) is 17.3. The molecule has 1 amide bonds. The zero-order chi connectivity index (χ0) is 21.2. The second-order valence-electron chi connectivity index (χ2n) is 7.62. The predicted octanol–water partition coefficient (Wildman–Crippen LogP) is 2.83. The average Bonchev–Trinajstić information content (AvgIpc) is 2.70. The Labute approximate surface area is 168 Å². The van der Waals surface area contributed by atoms with Gasteiger partial charge in [0.15, 0.2) is 0 Å². The quantitative estimate of drug-likeness (QED) is 0.689. The fraction of sp³-hybridized carbons (Fsp3) is 0.381. The minimum absolute atomic E-state index is 0.0650. The van der Waals surface area contributed by atoms with Crippen molar-refractivity contribution in [1.82, 2.24) is 19.7 Å². The number of amides is 1. The Balaban J connectivity index is 2.03. The molecule has 0 atom stereocenters. The summed E-state index contributed by atoms with van der Waals surface area (Å²) in [6, 6.07) is 7.18. The van der Waals surface area contributed by atoms with Crippen LogP contribution in [0.4, 0.5) is 5.82 Å². The van der Waals surface area contributed by atoms with Gasteiger partial charge < -0.3 is 10.1 Å². The summed E-state index contributed by atoms with van der Waals surface area (Å²) < 4.78 is 6.77. The van der Waals surface area contributed by atoms with Crippen LogP contribution in [0.5, 0.6) is 0 Å². The maximum Gasteiger partial charge on any atom is 0.275 e. The van der Waals surface area contributed by atoms with Crippen molar-refractivity contribution in [3.05, 3.63) is 58.4 Å². The Bertz CT molecular complexity index is 1090. The van der Waals surface area contributed by atoms with Crippen molar-refractivity contribution in [3.8, 4) is 0 Å². The largest absolute Gasteiger partial charge is 0.374 e. The van der Waals surface area contributed by atoms with E-state index in [0.29, 0.717) is 11.2 Å². The fourth-order valence-corrected chi connectivity index (χ4v) is 3.02. The van der Waals surface area contributed by atoms with E-state index < -0.39 is 5.60 Å². The lowest BCUT2D eigenvalue weighted by molar-refractivity contribution is -0.117. The highest BCUT2D eigenvalue weighted by molar-refractivity contribution is 5.90. The maximum absolute atomic E-state index is 13.0. The van der Waals surface area contributed by atoms with Crippen LogP contribution in [0.1, 0.15) is 44.9 Å². The molecule has 8 heteroatoms. The summed E-state index contributed by atoms with van der Waals surface area (Å²) in [7, 11) is 1.65. The Morgan fingerprint density at radius 1 is 1.24 bits per heavy atom. The molecule has 0 spiro atoms. The molecule has 8 nitrogen and oxygen atoms in total. The van der Waals surface area contributed by atoms with E-state index in [1.165, 1.54) is 17.2 Å². The van der Waals surface area contributed by atoms with Crippen LogP contribution in [0.2, 0.25) is 0 Å². The molecule has 0 saturated heterocycles. The number of nitrogens with zero attached hydrogens (tertiary/aromatic N) is 4. The number of rotatable bonds is 6. The van der Waals surface area contributed by atoms with Gasteiger partial charge in [-0.1, -0.05) is 19.9 Å². The van der Waals surface area contributed by atoms with Crippen molar-refractivity contribution in [2.24, 2.45) is 0 Å². The smallest absolute Gasteiger partial charge is 0.275 e. The summed E-state index contributed by atoms with van der Waals surface area (Å²) in [4.78, 5) is 33.1. The first-order valence-corrected chi connectivity index (χ1v) is 9.39. The van der Waals surface area contributed by atoms with Gasteiger partial charge in [0.2, 0.25) is 5.91 Å². The van der Waals surface area contributed by atoms with E-state index in [1.807, 2.05) is 39.8 Å². The molecule has 0 fully saturated rings. The Morgan fingerprint density at radius 3 is 2.62 bits per heavy atom. The van der Waals surface area contributed by atoms with E-state index in [9.17, 15) is 9.59 Å². The molecule has 3 rings (SSSR count). The molecular weight excluding hydrogens is 370 g/mol. The van der Waals surface area contributed by atoms with Crippen LogP contribution in [-0.4, -0.2) is 32.8 Å². The number of hydrogen-bond donors (Lipinski definition) is 1. The molecule has 1 N–H and O–H groups in total. The van der Waals surface area contributed by atoms with Crippen molar-refractivity contribution in [1.29, 1.82) is 0 Å². The molecule has 2 aromatic heterocycles. The summed E-state index contributed by atoms with van der Waals surface area (Å²) in [6.07, 6.45) is 2.87. The van der Waals surface area contributed by atoms with E-state index in [1.54, 1.807) is 19.2 Å². The lowest BCUT2D eigenvalue weighted by atomic mass is 9.93. The number of aromatic nitrogens is 4. The van der Waals surface area contributed by atoms with Crippen LogP contribution in [0.3, 0.4) is 0 Å². The number of nitrogens with one attached hydrogen (secondary N) is 1. The van der Waals surface area contributed by atoms with Crippen LogP contribution in [0, 0.1) is 0 Å². The maximum atomic E-state index is 13.0. The summed E-state index contributed by atoms with van der Waals surface area (Å²) in [5.41, 5.74) is 0.899. The van der Waals surface area contributed by atoms with E-state index in [2.05, 4.69) is 20.4 Å². The van der Waals surface area contributed by atoms with Gasteiger partial charge in [0, 0.05) is 18.7 Å². The second-order valence-corrected chi connectivity index (χ2v) is 7.62. The van der Waals surface area contributed by atoms with Gasteiger partial charge in [0.05, 0.1) is 16.7 Å². The Hall–Kier alpha value is -3.13. The zero-order valence-corrected chi connectivity index (χ0v) is 17.3. The average molecular weight is 395 g/mol. The number of carbonyl (C=O) groups is 1. The number of fused-ring (bicyclic) bond motifs is 1. The van der Waals surface area contributed by atoms with E-state index in [4.69, 9.17) is 4.74 Å². The number of ether oxygens (including phenoxy) is 1. The van der Waals surface area contributed by atoms with Crippen molar-refractivity contribution >= 4 is 22.5 Å². The number of hydrogen-bond acceptors (Lipinski definition) is 6. The normalized spacial score (nSPS) is 11.8. The summed E-state index contributed by atoms with van der Waals surface area (Å²) >= 11 is 0. The lowest BCUT2D eigenvalue weighted by Crippen LogP contribution is -2.31. The van der Waals surface area contributed by atoms with Crippen molar-refractivity contribution in [2.45, 2.75) is 45.8 Å². The van der Waals surface area contributed by atoms with Gasteiger partial charge in [-0.15, -0.1) is 0 Å². The molecule has 0 unspecified atom stereocenters. The minimum Gasteiger partial charge on any atom is -0.374 e. The van der Waals surface area contributed by atoms with Crippen LogP contribution in [0.25, 0.3) is 10.8 Å². The summed E-state index contributed by atoms with van der Waals surface area (Å²) in [5.74, 6) is 0.0500. The molecule has 0 bridgehead atoms. The number of methoxy groups -OCH3 is 1. The summed E-state index contributed by atoms with van der Waals surface area (Å²) in [6.45, 7) is 7.74. The molecule has 0 saturated carbocycles. The van der Waals surface area contributed by atoms with Gasteiger partial charge in [-0.05, 0) is 43.5 Å². The monoisotopic (exact) mass is 395 g/mol. The van der Waals surface area contributed by atoms with E-state index >= 15 is 0 Å². The first kappa shape index (κ1) is 20.6. The molecule has 0 aliphatic rings. The van der Waals surface area contributed by atoms with Gasteiger partial charge >= 0.3 is 0 Å². The second kappa shape index (κ2) is 8.08. The number of carbonyl (C=O) groups excluding carboxylic acids is 1. The van der Waals surface area contributed by atoms with Crippen molar-refractivity contribution in [2.75, 3.05) is 12.4 Å². The summed E-state index contributed by atoms with van der Waals surface area (Å²) in [5, 5.41) is 8.45. The Kier molecular flexibility index (Phi) is 5.74. The molecule has 1 aromatic carbocycles. The molecule has 29 heavy (non-hydrogen) atoms. The molecule has 3 aromatic rings. The standard InChI is InChI=1S/C21H25N5O3/c1-13(2)19-16-10-14(21(3,4)29-5)6-7-15(16)20(28)26(25-19)11-18(27)24-17-8-9-22-12-23-17/h6-10,12-13H,11H2,1-5H3,(H,22,23,24,27). The SMILES string of the molecule is COC(C)(C)c1ccc2c(=O)n(CC(=O)Nc3ccncn3)nc(C(C)C)c2c1. The minimum atomic E-state index is -0.491. The number of benzene rings is 1. The van der Waals surface area contributed by atoms with E-state index in [0.717, 1.165) is 16.6 Å². The molecule has 0 aliphatic heterocycles. The molecule has 152 valence electrons. The van der Waals surface area contributed by atoms with Crippen LogP contribution < -0.4 is 10.9 Å². The molecular formula is C21H25N5O3. The highest BCUT2D eigenvalue weighted by Gasteiger charge is 2.22. The highest BCUT2D eigenvalue weighted by Crippen LogP contribution is 2.29. The van der Waals surface area contributed by atoms with Gasteiger partial charge in [-0.25, -0.2) is 14.6 Å². The molecule has 2 heterocycles. The van der Waals surface area contributed by atoms with Crippen LogP contribution >= 0.6 is 0 Å². The van der Waals surface area contributed by atoms with Crippen molar-refractivity contribution in [3.63, 3.8) is 0 Å². The van der Waals surface area contributed by atoms with Gasteiger partial charge in [-0.2, -0.15) is 5.10 Å². The number of anilines is 1. The topological polar surface area (TPSA) is 99.0 Å². The predicted molar refractivity (Wildman–Crippen MR) is 111 cm³/mol. The van der Waals surface area contributed by atoms with Gasteiger partial charge in [0.25, 0.3) is 5.56 Å². The first-order chi connectivity index (χ1) is 13.7. The molecule has 0 aliphatic carbocycles. The van der Waals surface area contributed by atoms with E-state index in [-0.39, 0.29) is 23.9 Å². The highest BCUT2D eigenvalue weighted by atomic mass is 16.5. The fourth-order valence-electron chi connectivity index (χ4n) is 3.02. The third kappa shape index (κ3) is 4.32. The molecule has 0 radical (unpaired) electrons. The third-order valence-corrected chi connectivity index (χ3v) is 4.88. The van der Waals surface area contributed by atoms with Gasteiger partial charge in [-0.3, -0.25) is 9.59 Å². The van der Waals surface area contributed by atoms with Gasteiger partial charge in [0.1, 0.15) is 18.7 Å².